The van der Waals surface area contributed by atoms with Gasteiger partial charge in [-0.2, -0.15) is 15.8 Å². The molecule has 0 spiro atoms. The van der Waals surface area contributed by atoms with Crippen LogP contribution in [0.25, 0.3) is 0 Å². The molecule has 1 amide bonds. The summed E-state index contributed by atoms with van der Waals surface area (Å²) in [4.78, 5) is 12.5. The zero-order chi connectivity index (χ0) is 20.7. The van der Waals surface area contributed by atoms with Gasteiger partial charge in [0, 0.05) is 16.9 Å². The SMILES string of the molecule is CC(C)(C)c1ccc(C(=O)Nc2cccc(NC(C#N)=C(C#N)C#N)c2)cc1. The van der Waals surface area contributed by atoms with Gasteiger partial charge in [0.15, 0.2) is 5.57 Å². The molecule has 0 aliphatic rings. The number of hydrogen-bond acceptors (Lipinski definition) is 5. The standard InChI is InChI=1S/C22H19N5O/c1-22(2,3)17-9-7-15(8-10-17)21(28)27-19-6-4-5-18(11-19)26-20(14-25)16(12-23)13-24/h4-11,26H,1-3H3,(H,27,28). The molecular formula is C22H19N5O. The van der Waals surface area contributed by atoms with E-state index >= 15 is 0 Å². The monoisotopic (exact) mass is 369 g/mol. The van der Waals surface area contributed by atoms with Gasteiger partial charge in [0.1, 0.15) is 23.9 Å². The van der Waals surface area contributed by atoms with E-state index in [0.29, 0.717) is 16.9 Å². The van der Waals surface area contributed by atoms with Crippen LogP contribution in [0.1, 0.15) is 36.7 Å². The molecule has 0 saturated carbocycles. The van der Waals surface area contributed by atoms with Crippen molar-refractivity contribution in [3.8, 4) is 18.2 Å². The van der Waals surface area contributed by atoms with Crippen molar-refractivity contribution in [1.82, 2.24) is 0 Å². The molecule has 0 radical (unpaired) electrons. The van der Waals surface area contributed by atoms with Gasteiger partial charge in [-0.3, -0.25) is 4.79 Å². The van der Waals surface area contributed by atoms with Crippen LogP contribution in [0.4, 0.5) is 11.4 Å². The van der Waals surface area contributed by atoms with Crippen LogP contribution in [0, 0.1) is 34.0 Å². The van der Waals surface area contributed by atoms with Gasteiger partial charge < -0.3 is 10.6 Å². The van der Waals surface area contributed by atoms with Crippen LogP contribution < -0.4 is 10.6 Å². The van der Waals surface area contributed by atoms with E-state index in [1.54, 1.807) is 54.6 Å². The van der Waals surface area contributed by atoms with E-state index in [9.17, 15) is 4.79 Å². The van der Waals surface area contributed by atoms with Crippen LogP contribution in [0.2, 0.25) is 0 Å². The van der Waals surface area contributed by atoms with Crippen molar-refractivity contribution in [3.05, 3.63) is 70.9 Å². The largest absolute Gasteiger partial charge is 0.345 e. The molecule has 138 valence electrons. The normalized spacial score (nSPS) is 10.0. The number of nitrogens with zero attached hydrogens (tertiary/aromatic N) is 3. The predicted molar refractivity (Wildman–Crippen MR) is 107 cm³/mol. The zero-order valence-corrected chi connectivity index (χ0v) is 15.9. The Morgan fingerprint density at radius 2 is 1.43 bits per heavy atom. The van der Waals surface area contributed by atoms with E-state index in [4.69, 9.17) is 15.8 Å². The molecule has 0 aromatic heterocycles. The molecule has 2 N–H and O–H groups in total. The van der Waals surface area contributed by atoms with Crippen LogP contribution in [0.5, 0.6) is 0 Å². The first-order valence-corrected chi connectivity index (χ1v) is 8.52. The van der Waals surface area contributed by atoms with Crippen molar-refractivity contribution in [2.45, 2.75) is 26.2 Å². The Hall–Kier alpha value is -4.08. The van der Waals surface area contributed by atoms with Crippen molar-refractivity contribution in [3.63, 3.8) is 0 Å². The zero-order valence-electron chi connectivity index (χ0n) is 15.9. The van der Waals surface area contributed by atoms with Gasteiger partial charge in [-0.05, 0) is 41.3 Å². The lowest BCUT2D eigenvalue weighted by Crippen LogP contribution is -2.14. The highest BCUT2D eigenvalue weighted by Gasteiger charge is 2.14. The Bertz CT molecular complexity index is 1020. The van der Waals surface area contributed by atoms with E-state index in [0.717, 1.165) is 5.56 Å². The molecule has 0 atom stereocenters. The summed E-state index contributed by atoms with van der Waals surface area (Å²) in [6.07, 6.45) is 0. The maximum atomic E-state index is 12.5. The second-order valence-electron chi connectivity index (χ2n) is 7.07. The van der Waals surface area contributed by atoms with Crippen LogP contribution >= 0.6 is 0 Å². The molecule has 0 bridgehead atoms. The van der Waals surface area contributed by atoms with E-state index in [-0.39, 0.29) is 22.6 Å². The molecule has 2 aromatic rings. The average Bonchev–Trinajstić information content (AvgIpc) is 2.67. The third-order valence-electron chi connectivity index (χ3n) is 3.99. The third-order valence-corrected chi connectivity index (χ3v) is 3.99. The van der Waals surface area contributed by atoms with Gasteiger partial charge in [0.05, 0.1) is 0 Å². The van der Waals surface area contributed by atoms with E-state index in [1.807, 2.05) is 12.1 Å². The predicted octanol–water partition coefficient (Wildman–Crippen LogP) is 4.47. The van der Waals surface area contributed by atoms with Gasteiger partial charge in [-0.1, -0.05) is 39.0 Å². The molecule has 0 unspecified atom stereocenters. The summed E-state index contributed by atoms with van der Waals surface area (Å²) < 4.78 is 0. The van der Waals surface area contributed by atoms with Crippen LogP contribution in [-0.2, 0) is 5.41 Å². The number of nitriles is 3. The van der Waals surface area contributed by atoms with Crippen molar-refractivity contribution in [2.75, 3.05) is 10.6 Å². The number of anilines is 2. The minimum absolute atomic E-state index is 0.00663. The summed E-state index contributed by atoms with van der Waals surface area (Å²) in [7, 11) is 0. The molecule has 0 aliphatic heterocycles. The second kappa shape index (κ2) is 8.54. The van der Waals surface area contributed by atoms with Crippen molar-refractivity contribution in [2.24, 2.45) is 0 Å². The molecule has 0 heterocycles. The highest BCUT2D eigenvalue weighted by Crippen LogP contribution is 2.23. The maximum Gasteiger partial charge on any atom is 0.255 e. The highest BCUT2D eigenvalue weighted by atomic mass is 16.1. The van der Waals surface area contributed by atoms with Crippen molar-refractivity contribution < 1.29 is 4.79 Å². The molecular weight excluding hydrogens is 350 g/mol. The molecule has 0 aliphatic carbocycles. The number of hydrogen-bond donors (Lipinski definition) is 2. The first kappa shape index (κ1) is 20.2. The van der Waals surface area contributed by atoms with Crippen molar-refractivity contribution >= 4 is 17.3 Å². The maximum absolute atomic E-state index is 12.5. The Balaban J connectivity index is 2.18. The number of amides is 1. The van der Waals surface area contributed by atoms with Gasteiger partial charge >= 0.3 is 0 Å². The molecule has 2 rings (SSSR count). The van der Waals surface area contributed by atoms with Crippen molar-refractivity contribution in [1.29, 1.82) is 15.8 Å². The lowest BCUT2D eigenvalue weighted by atomic mass is 9.87. The molecule has 2 aromatic carbocycles. The fourth-order valence-corrected chi connectivity index (χ4v) is 2.43. The minimum atomic E-state index is -0.309. The lowest BCUT2D eigenvalue weighted by molar-refractivity contribution is 0.102. The second-order valence-corrected chi connectivity index (χ2v) is 7.07. The minimum Gasteiger partial charge on any atom is -0.345 e. The molecule has 28 heavy (non-hydrogen) atoms. The van der Waals surface area contributed by atoms with Crippen LogP contribution in [0.3, 0.4) is 0 Å². The molecule has 0 saturated heterocycles. The highest BCUT2D eigenvalue weighted by molar-refractivity contribution is 6.04. The summed E-state index contributed by atoms with van der Waals surface area (Å²) in [6.45, 7) is 6.32. The first-order chi connectivity index (χ1) is 13.3. The Morgan fingerprint density at radius 1 is 0.857 bits per heavy atom. The number of carbonyl (C=O) groups excluding carboxylic acids is 1. The molecule has 6 heteroatoms. The van der Waals surface area contributed by atoms with Gasteiger partial charge in [0.2, 0.25) is 0 Å². The van der Waals surface area contributed by atoms with Crippen LogP contribution in [-0.4, -0.2) is 5.91 Å². The fraction of sp³-hybridized carbons (Fsp3) is 0.182. The van der Waals surface area contributed by atoms with E-state index < -0.39 is 0 Å². The number of allylic oxidation sites excluding steroid dienone is 2. The van der Waals surface area contributed by atoms with Gasteiger partial charge in [-0.25, -0.2) is 0 Å². The third kappa shape index (κ3) is 4.97. The Kier molecular flexibility index (Phi) is 6.17. The summed E-state index contributed by atoms with van der Waals surface area (Å²) in [6, 6.07) is 19.2. The Labute approximate surface area is 164 Å². The van der Waals surface area contributed by atoms with E-state index in [2.05, 4.69) is 31.4 Å². The number of carbonyl (C=O) groups is 1. The quantitative estimate of drug-likeness (QED) is 0.772. The fourth-order valence-electron chi connectivity index (χ4n) is 2.43. The van der Waals surface area contributed by atoms with E-state index in [1.165, 1.54) is 0 Å². The lowest BCUT2D eigenvalue weighted by Gasteiger charge is -2.19. The van der Waals surface area contributed by atoms with Crippen LogP contribution in [0.15, 0.2) is 59.8 Å². The average molecular weight is 369 g/mol. The smallest absolute Gasteiger partial charge is 0.255 e. The summed E-state index contributed by atoms with van der Waals surface area (Å²) in [5.41, 5.74) is 2.20. The van der Waals surface area contributed by atoms with Gasteiger partial charge in [0.25, 0.3) is 5.91 Å². The van der Waals surface area contributed by atoms with Gasteiger partial charge in [-0.15, -0.1) is 0 Å². The summed E-state index contributed by atoms with van der Waals surface area (Å²) in [5.74, 6) is -0.261. The number of benzene rings is 2. The summed E-state index contributed by atoms with van der Waals surface area (Å²) >= 11 is 0. The first-order valence-electron chi connectivity index (χ1n) is 8.52. The molecule has 6 nitrogen and oxygen atoms in total. The topological polar surface area (TPSA) is 112 Å². The number of nitrogens with one attached hydrogen (secondary N) is 2. The molecule has 0 fully saturated rings. The summed E-state index contributed by atoms with van der Waals surface area (Å²) in [5, 5.41) is 32.4. The Morgan fingerprint density at radius 3 is 1.93 bits per heavy atom. The number of rotatable bonds is 4.